The standard InChI is InChI=1S/C19H19N3O3S2/c1-13-17(11-15-7-9-16(10-8-15)27(20,24)25)26-19(21-13)22-18(23)12-14-5-3-2-4-6-14/h2-10H,11-12H2,1H3,(H2,20,24,25)(H,21,22,23). The molecule has 0 aliphatic rings. The Hall–Kier alpha value is -2.55. The van der Waals surface area contributed by atoms with Crippen LogP contribution in [-0.4, -0.2) is 19.3 Å². The van der Waals surface area contributed by atoms with Gasteiger partial charge in [-0.25, -0.2) is 18.5 Å². The number of hydrogen-bond acceptors (Lipinski definition) is 5. The first-order valence-corrected chi connectivity index (χ1v) is 10.6. The molecule has 3 rings (SSSR count). The summed E-state index contributed by atoms with van der Waals surface area (Å²) in [7, 11) is -3.69. The van der Waals surface area contributed by atoms with Crippen LogP contribution in [0.5, 0.6) is 0 Å². The normalized spacial score (nSPS) is 11.3. The molecule has 0 aliphatic carbocycles. The van der Waals surface area contributed by atoms with Crippen LogP contribution in [0, 0.1) is 6.92 Å². The number of rotatable bonds is 6. The highest BCUT2D eigenvalue weighted by atomic mass is 32.2. The third kappa shape index (κ3) is 5.22. The summed E-state index contributed by atoms with van der Waals surface area (Å²) in [5.74, 6) is -0.112. The molecule has 0 aliphatic heterocycles. The summed E-state index contributed by atoms with van der Waals surface area (Å²) >= 11 is 1.42. The van der Waals surface area contributed by atoms with E-state index in [9.17, 15) is 13.2 Å². The molecule has 8 heteroatoms. The Balaban J connectivity index is 1.66. The Labute approximate surface area is 162 Å². The molecule has 3 N–H and O–H groups in total. The number of sulfonamides is 1. The lowest BCUT2D eigenvalue weighted by Crippen LogP contribution is -2.14. The van der Waals surface area contributed by atoms with Gasteiger partial charge in [0.15, 0.2) is 5.13 Å². The van der Waals surface area contributed by atoms with Crippen molar-refractivity contribution in [3.63, 3.8) is 0 Å². The van der Waals surface area contributed by atoms with E-state index in [1.165, 1.54) is 23.5 Å². The number of anilines is 1. The second-order valence-corrected chi connectivity index (χ2v) is 8.75. The average molecular weight is 402 g/mol. The van der Waals surface area contributed by atoms with Gasteiger partial charge >= 0.3 is 0 Å². The van der Waals surface area contributed by atoms with Gasteiger partial charge in [0, 0.05) is 11.3 Å². The van der Waals surface area contributed by atoms with Crippen molar-refractivity contribution in [1.82, 2.24) is 4.98 Å². The zero-order valence-electron chi connectivity index (χ0n) is 14.7. The van der Waals surface area contributed by atoms with Crippen molar-refractivity contribution in [3.8, 4) is 0 Å². The minimum atomic E-state index is -3.69. The lowest BCUT2D eigenvalue weighted by molar-refractivity contribution is -0.115. The SMILES string of the molecule is Cc1nc(NC(=O)Cc2ccccc2)sc1Cc1ccc(S(N)(=O)=O)cc1. The number of carbonyl (C=O) groups excluding carboxylic acids is 1. The average Bonchev–Trinajstić information content (AvgIpc) is 2.94. The van der Waals surface area contributed by atoms with Crippen molar-refractivity contribution in [1.29, 1.82) is 0 Å². The lowest BCUT2D eigenvalue weighted by atomic mass is 10.1. The second kappa shape index (κ2) is 7.99. The number of carbonyl (C=O) groups is 1. The molecule has 6 nitrogen and oxygen atoms in total. The van der Waals surface area contributed by atoms with Gasteiger partial charge in [0.1, 0.15) is 0 Å². The molecule has 0 atom stereocenters. The molecule has 2 aromatic carbocycles. The molecule has 3 aromatic rings. The van der Waals surface area contributed by atoms with Gasteiger partial charge in [0.25, 0.3) is 0 Å². The Morgan fingerprint density at radius 1 is 1.07 bits per heavy atom. The Kier molecular flexibility index (Phi) is 5.69. The van der Waals surface area contributed by atoms with Gasteiger partial charge < -0.3 is 5.32 Å². The van der Waals surface area contributed by atoms with E-state index in [2.05, 4.69) is 10.3 Å². The number of primary sulfonamides is 1. The largest absolute Gasteiger partial charge is 0.302 e. The number of nitrogens with zero attached hydrogens (tertiary/aromatic N) is 1. The van der Waals surface area contributed by atoms with E-state index in [-0.39, 0.29) is 10.8 Å². The minimum Gasteiger partial charge on any atom is -0.302 e. The molecule has 0 fully saturated rings. The molecule has 0 bridgehead atoms. The molecule has 140 valence electrons. The highest BCUT2D eigenvalue weighted by Gasteiger charge is 2.12. The van der Waals surface area contributed by atoms with Crippen LogP contribution in [0.3, 0.4) is 0 Å². The van der Waals surface area contributed by atoms with Crippen LogP contribution in [0.1, 0.15) is 21.7 Å². The van der Waals surface area contributed by atoms with Crippen molar-refractivity contribution < 1.29 is 13.2 Å². The quantitative estimate of drug-likeness (QED) is 0.663. The smallest absolute Gasteiger partial charge is 0.238 e. The van der Waals surface area contributed by atoms with E-state index in [1.807, 2.05) is 37.3 Å². The van der Waals surface area contributed by atoms with E-state index in [0.29, 0.717) is 18.0 Å². The Morgan fingerprint density at radius 3 is 2.37 bits per heavy atom. The summed E-state index contributed by atoms with van der Waals surface area (Å²) in [6.07, 6.45) is 0.896. The first kappa shape index (κ1) is 19.2. The predicted octanol–water partition coefficient (Wildman–Crippen LogP) is 2.87. The zero-order valence-corrected chi connectivity index (χ0v) is 16.3. The molecule has 1 amide bonds. The zero-order chi connectivity index (χ0) is 19.4. The topological polar surface area (TPSA) is 102 Å². The molecule has 0 saturated carbocycles. The third-order valence-corrected chi connectivity index (χ3v) is 5.97. The van der Waals surface area contributed by atoms with Crippen LogP contribution in [0.2, 0.25) is 0 Å². The number of benzene rings is 2. The maximum atomic E-state index is 12.2. The van der Waals surface area contributed by atoms with Crippen molar-refractivity contribution in [2.45, 2.75) is 24.7 Å². The molecule has 0 saturated heterocycles. The van der Waals surface area contributed by atoms with Gasteiger partial charge in [-0.2, -0.15) is 0 Å². The summed E-state index contributed by atoms with van der Waals surface area (Å²) in [6.45, 7) is 1.89. The van der Waals surface area contributed by atoms with Gasteiger partial charge in [0.2, 0.25) is 15.9 Å². The fourth-order valence-corrected chi connectivity index (χ4v) is 4.10. The van der Waals surface area contributed by atoms with Crippen molar-refractivity contribution in [2.24, 2.45) is 5.14 Å². The minimum absolute atomic E-state index is 0.0844. The van der Waals surface area contributed by atoms with E-state index < -0.39 is 10.0 Å². The maximum absolute atomic E-state index is 12.2. The number of hydrogen-bond donors (Lipinski definition) is 2. The molecular formula is C19H19N3O3S2. The monoisotopic (exact) mass is 401 g/mol. The predicted molar refractivity (Wildman–Crippen MR) is 106 cm³/mol. The number of thiazole rings is 1. The molecule has 0 unspecified atom stereocenters. The number of nitrogens with two attached hydrogens (primary N) is 1. The highest BCUT2D eigenvalue weighted by molar-refractivity contribution is 7.89. The number of aryl methyl sites for hydroxylation is 1. The van der Waals surface area contributed by atoms with E-state index >= 15 is 0 Å². The Morgan fingerprint density at radius 2 is 1.74 bits per heavy atom. The summed E-state index contributed by atoms with van der Waals surface area (Å²) in [5, 5.41) is 8.51. The Bertz CT molecular complexity index is 1040. The van der Waals surface area contributed by atoms with Gasteiger partial charge in [-0.3, -0.25) is 4.79 Å². The molecule has 27 heavy (non-hydrogen) atoms. The highest BCUT2D eigenvalue weighted by Crippen LogP contribution is 2.25. The summed E-state index contributed by atoms with van der Waals surface area (Å²) in [6, 6.07) is 16.0. The van der Waals surface area contributed by atoms with E-state index in [4.69, 9.17) is 5.14 Å². The first-order chi connectivity index (χ1) is 12.8. The van der Waals surface area contributed by atoms with Crippen LogP contribution in [0.15, 0.2) is 59.5 Å². The summed E-state index contributed by atoms with van der Waals surface area (Å²) in [5.41, 5.74) is 2.72. The number of aromatic nitrogens is 1. The van der Waals surface area contributed by atoms with Crippen LogP contribution in [0.4, 0.5) is 5.13 Å². The van der Waals surface area contributed by atoms with Crippen LogP contribution in [-0.2, 0) is 27.7 Å². The van der Waals surface area contributed by atoms with Crippen molar-refractivity contribution in [2.75, 3.05) is 5.32 Å². The van der Waals surface area contributed by atoms with Gasteiger partial charge in [-0.1, -0.05) is 42.5 Å². The molecule has 0 spiro atoms. The summed E-state index contributed by atoms with van der Waals surface area (Å²) in [4.78, 5) is 17.7. The van der Waals surface area contributed by atoms with Crippen molar-refractivity contribution >= 4 is 32.4 Å². The van der Waals surface area contributed by atoms with Crippen molar-refractivity contribution in [3.05, 3.63) is 76.3 Å². The molecule has 1 heterocycles. The molecule has 1 aromatic heterocycles. The number of nitrogens with one attached hydrogen (secondary N) is 1. The van der Waals surface area contributed by atoms with E-state index in [0.717, 1.165) is 21.7 Å². The van der Waals surface area contributed by atoms with Crippen LogP contribution < -0.4 is 10.5 Å². The summed E-state index contributed by atoms with van der Waals surface area (Å²) < 4.78 is 22.6. The van der Waals surface area contributed by atoms with Crippen LogP contribution in [0.25, 0.3) is 0 Å². The second-order valence-electron chi connectivity index (χ2n) is 6.10. The van der Waals surface area contributed by atoms with Gasteiger partial charge in [0.05, 0.1) is 17.0 Å². The fraction of sp³-hybridized carbons (Fsp3) is 0.158. The fourth-order valence-electron chi connectivity index (χ4n) is 2.57. The van der Waals surface area contributed by atoms with E-state index in [1.54, 1.807) is 12.1 Å². The molecular weight excluding hydrogens is 382 g/mol. The lowest BCUT2D eigenvalue weighted by Gasteiger charge is -2.02. The first-order valence-electron chi connectivity index (χ1n) is 8.23. The van der Waals surface area contributed by atoms with Gasteiger partial charge in [-0.05, 0) is 30.2 Å². The van der Waals surface area contributed by atoms with Gasteiger partial charge in [-0.15, -0.1) is 11.3 Å². The maximum Gasteiger partial charge on any atom is 0.238 e. The molecule has 0 radical (unpaired) electrons. The third-order valence-electron chi connectivity index (χ3n) is 3.96. The van der Waals surface area contributed by atoms with Crippen LogP contribution >= 0.6 is 11.3 Å². The number of amides is 1.